The number of nitrogens with two attached hydrogens (primary N) is 2. The third-order valence-corrected chi connectivity index (χ3v) is 8.20. The van der Waals surface area contributed by atoms with Gasteiger partial charge in [-0.25, -0.2) is 19.2 Å². The molecule has 0 heterocycles. The maximum absolute atomic E-state index is 13.2. The topological polar surface area (TPSA) is 295 Å². The van der Waals surface area contributed by atoms with Crippen LogP contribution < -0.4 is 61.2 Å². The van der Waals surface area contributed by atoms with Crippen LogP contribution >= 0.6 is 0 Å². The van der Waals surface area contributed by atoms with Gasteiger partial charge in [0.15, 0.2) is 34.6 Å². The van der Waals surface area contributed by atoms with Crippen molar-refractivity contribution in [3.05, 3.63) is 47.5 Å². The van der Waals surface area contributed by atoms with E-state index in [0.717, 1.165) is 0 Å². The Morgan fingerprint density at radius 2 is 0.658 bits per heavy atom. The van der Waals surface area contributed by atoms with Crippen LogP contribution in [0, 0.1) is 0 Å². The molecule has 2 rings (SSSR count). The van der Waals surface area contributed by atoms with Crippen LogP contribution in [-0.2, 0) is 28.5 Å². The fourth-order valence-electron chi connectivity index (χ4n) is 5.60. The number of ketones is 2. The van der Waals surface area contributed by atoms with Gasteiger partial charge in [0.1, 0.15) is 62.0 Å². The zero-order valence-electron chi connectivity index (χ0n) is 44.5. The van der Waals surface area contributed by atoms with Gasteiger partial charge in [-0.3, -0.25) is 9.59 Å². The number of carbonyl (C=O) groups is 6. The molecule has 22 nitrogen and oxygen atoms in total. The van der Waals surface area contributed by atoms with Gasteiger partial charge in [-0.1, -0.05) is 12.2 Å². The molecule has 0 spiro atoms. The average Bonchev–Trinajstić information content (AvgIpc) is 3.25. The van der Waals surface area contributed by atoms with E-state index < -0.39 is 64.8 Å². The SMILES string of the molecule is CC(C)(C)OC(=O)NCCOc1cc(/C=C/C(=O)CC(=O)/C=C/c2cc(OCCN)c(OCCNC(=O)OC(C)(C)C)c(OCCNC(=O)OC(C)(C)C)c2)cc(OCCN)c1OCCNC(=O)OC(C)(C)C. The molecular weight excluding hydrogens is 953 g/mol. The Bertz CT molecular complexity index is 2030. The minimum absolute atomic E-state index is 0.0230. The highest BCUT2D eigenvalue weighted by Gasteiger charge is 2.22. The van der Waals surface area contributed by atoms with Gasteiger partial charge >= 0.3 is 24.4 Å². The number of alkyl carbamates (subject to hydrolysis) is 4. The minimum atomic E-state index is -0.711. The van der Waals surface area contributed by atoms with Crippen molar-refractivity contribution in [3.8, 4) is 34.5 Å². The van der Waals surface area contributed by atoms with Crippen molar-refractivity contribution in [2.45, 2.75) is 112 Å². The molecule has 4 amide bonds. The summed E-state index contributed by atoms with van der Waals surface area (Å²) < 4.78 is 57.2. The Labute approximate surface area is 428 Å². The van der Waals surface area contributed by atoms with Gasteiger partial charge in [0.05, 0.1) is 32.6 Å². The lowest BCUT2D eigenvalue weighted by atomic mass is 10.1. The number of hydrogen-bond donors (Lipinski definition) is 6. The predicted molar refractivity (Wildman–Crippen MR) is 274 cm³/mol. The largest absolute Gasteiger partial charge is 0.488 e. The maximum Gasteiger partial charge on any atom is 0.407 e. The fourth-order valence-corrected chi connectivity index (χ4v) is 5.60. The first kappa shape index (κ1) is 62.2. The summed E-state index contributed by atoms with van der Waals surface area (Å²) in [5, 5.41) is 10.5. The van der Waals surface area contributed by atoms with E-state index >= 15 is 0 Å². The molecule has 0 fully saturated rings. The number of amides is 4. The van der Waals surface area contributed by atoms with Gasteiger partial charge in [-0.15, -0.1) is 0 Å². The van der Waals surface area contributed by atoms with Crippen molar-refractivity contribution in [2.24, 2.45) is 11.5 Å². The van der Waals surface area contributed by atoms with Crippen LogP contribution in [0.25, 0.3) is 12.2 Å². The third kappa shape index (κ3) is 28.6. The first-order chi connectivity index (χ1) is 34.1. The summed E-state index contributed by atoms with van der Waals surface area (Å²) in [6.07, 6.45) is 2.35. The molecule has 408 valence electrons. The number of carbonyl (C=O) groups excluding carboxylic acids is 6. The summed E-state index contributed by atoms with van der Waals surface area (Å²) in [7, 11) is 0. The Balaban J connectivity index is 2.37. The summed E-state index contributed by atoms with van der Waals surface area (Å²) in [4.78, 5) is 75.5. The van der Waals surface area contributed by atoms with Crippen molar-refractivity contribution in [1.82, 2.24) is 21.3 Å². The number of hydrogen-bond acceptors (Lipinski definition) is 18. The van der Waals surface area contributed by atoms with Gasteiger partial charge in [0.25, 0.3) is 0 Å². The van der Waals surface area contributed by atoms with E-state index in [1.807, 2.05) is 0 Å². The highest BCUT2D eigenvalue weighted by molar-refractivity contribution is 6.11. The first-order valence-corrected chi connectivity index (χ1v) is 23.9. The lowest BCUT2D eigenvalue weighted by Crippen LogP contribution is -2.35. The van der Waals surface area contributed by atoms with Gasteiger partial charge in [-0.2, -0.15) is 0 Å². The van der Waals surface area contributed by atoms with Crippen LogP contribution in [0.2, 0.25) is 0 Å². The zero-order valence-corrected chi connectivity index (χ0v) is 44.5. The van der Waals surface area contributed by atoms with Gasteiger partial charge in [0, 0.05) is 13.1 Å². The molecule has 22 heteroatoms. The molecule has 0 saturated carbocycles. The number of rotatable bonds is 28. The highest BCUT2D eigenvalue weighted by Crippen LogP contribution is 2.41. The molecule has 73 heavy (non-hydrogen) atoms. The summed E-state index contributed by atoms with van der Waals surface area (Å²) >= 11 is 0. The van der Waals surface area contributed by atoms with Crippen LogP contribution in [0.5, 0.6) is 34.5 Å². The van der Waals surface area contributed by atoms with E-state index in [1.54, 1.807) is 107 Å². The van der Waals surface area contributed by atoms with E-state index in [9.17, 15) is 28.8 Å². The molecule has 0 aliphatic heterocycles. The molecule has 0 aliphatic rings. The summed E-state index contributed by atoms with van der Waals surface area (Å²) in [6, 6.07) is 6.33. The second-order valence-electron chi connectivity index (χ2n) is 19.9. The van der Waals surface area contributed by atoms with Crippen molar-refractivity contribution in [3.63, 3.8) is 0 Å². The average molecular weight is 1030 g/mol. The molecule has 2 aromatic carbocycles. The molecule has 0 atom stereocenters. The fraction of sp³-hybridized carbons (Fsp3) is 0.569. The van der Waals surface area contributed by atoms with Gasteiger partial charge in [-0.05, 0) is 131 Å². The first-order valence-electron chi connectivity index (χ1n) is 23.9. The maximum atomic E-state index is 13.2. The quantitative estimate of drug-likeness (QED) is 0.0238. The molecule has 0 aliphatic carbocycles. The summed E-state index contributed by atoms with van der Waals surface area (Å²) in [5.41, 5.74) is 9.55. The second-order valence-corrected chi connectivity index (χ2v) is 19.9. The van der Waals surface area contributed by atoms with Gasteiger partial charge in [0.2, 0.25) is 11.5 Å². The van der Waals surface area contributed by atoms with Crippen LogP contribution in [0.4, 0.5) is 19.2 Å². The molecule has 8 N–H and O–H groups in total. The van der Waals surface area contributed by atoms with E-state index in [2.05, 4.69) is 21.3 Å². The molecule has 0 bridgehead atoms. The van der Waals surface area contributed by atoms with E-state index in [0.29, 0.717) is 11.1 Å². The summed E-state index contributed by atoms with van der Waals surface area (Å²) in [6.45, 7) is 21.5. The molecule has 2 aromatic rings. The van der Waals surface area contributed by atoms with Crippen LogP contribution in [0.3, 0.4) is 0 Å². The minimum Gasteiger partial charge on any atom is -0.488 e. The van der Waals surface area contributed by atoms with Crippen LogP contribution in [0.15, 0.2) is 36.4 Å². The summed E-state index contributed by atoms with van der Waals surface area (Å²) in [5.74, 6) is 0.0274. The third-order valence-electron chi connectivity index (χ3n) is 8.20. The normalized spacial score (nSPS) is 11.8. The van der Waals surface area contributed by atoms with Crippen molar-refractivity contribution < 1.29 is 76.1 Å². The van der Waals surface area contributed by atoms with Crippen LogP contribution in [0.1, 0.15) is 101 Å². The van der Waals surface area contributed by atoms with Crippen molar-refractivity contribution in [2.75, 3.05) is 78.9 Å². The second kappa shape index (κ2) is 30.2. The van der Waals surface area contributed by atoms with E-state index in [-0.39, 0.29) is 113 Å². The monoisotopic (exact) mass is 1030 g/mol. The van der Waals surface area contributed by atoms with Crippen LogP contribution in [-0.4, -0.2) is 137 Å². The molecule has 0 saturated heterocycles. The van der Waals surface area contributed by atoms with Gasteiger partial charge < -0.3 is 80.1 Å². The number of allylic oxidation sites excluding steroid dienone is 2. The number of nitrogens with one attached hydrogen (secondary N) is 4. The Morgan fingerprint density at radius 3 is 0.904 bits per heavy atom. The molecule has 0 aromatic heterocycles. The molecule has 0 unspecified atom stereocenters. The lowest BCUT2D eigenvalue weighted by Gasteiger charge is -2.21. The van der Waals surface area contributed by atoms with Crippen molar-refractivity contribution in [1.29, 1.82) is 0 Å². The lowest BCUT2D eigenvalue weighted by molar-refractivity contribution is -0.121. The smallest absolute Gasteiger partial charge is 0.407 e. The Kier molecular flexibility index (Phi) is 25.7. The van der Waals surface area contributed by atoms with E-state index in [4.69, 9.17) is 58.8 Å². The number of benzene rings is 2. The predicted octanol–water partition coefficient (Wildman–Crippen LogP) is 6.23. The number of ether oxygens (including phenoxy) is 10. The zero-order chi connectivity index (χ0) is 54.8. The standard InChI is InChI=1S/C51H78N6O16/c1-48(2,3)70-44(60)54-19-25-66-40-31-34(29-38(64-23-17-52)42(40)68-27-21-56-46(62)72-50(7,8)9)13-15-36(58)33-37(59)16-14-35-30-39(65-24-18-53)43(69-28-22-57-47(63)73-51(10,11)12)41(32-35)67-26-20-55-45(61)71-49(4,5)6/h13-16,29-32H,17-28,33,52-53H2,1-12H3,(H,54,60)(H,55,61)(H,56,62)(H,57,63)/b15-13+,16-14+. The molecular formula is C51H78N6O16. The Hall–Kier alpha value is -6.94. The van der Waals surface area contributed by atoms with E-state index in [1.165, 1.54) is 24.3 Å². The molecule has 0 radical (unpaired) electrons. The Morgan fingerprint density at radius 1 is 0.411 bits per heavy atom. The van der Waals surface area contributed by atoms with Crippen molar-refractivity contribution >= 4 is 48.1 Å². The highest BCUT2D eigenvalue weighted by atomic mass is 16.6.